The number of hydrogen-bond acceptors (Lipinski definition) is 2. The van der Waals surface area contributed by atoms with Gasteiger partial charge in [0.2, 0.25) is 5.39 Å². The van der Waals surface area contributed by atoms with E-state index in [1.165, 1.54) is 19.3 Å². The Kier molecular flexibility index (Phi) is 5.71. The van der Waals surface area contributed by atoms with Crippen LogP contribution in [0.2, 0.25) is 5.02 Å². The predicted molar refractivity (Wildman–Crippen MR) is 71.4 cm³/mol. The normalized spacial score (nSPS) is 15.6. The number of anilines is 1. The highest BCUT2D eigenvalue weighted by Crippen LogP contribution is 2.37. The van der Waals surface area contributed by atoms with E-state index in [1.54, 1.807) is 6.07 Å². The van der Waals surface area contributed by atoms with Crippen LogP contribution < -0.4 is 17.7 Å². The number of benzene rings is 1. The molecule has 0 aromatic heterocycles. The van der Waals surface area contributed by atoms with Gasteiger partial charge >= 0.3 is 5.69 Å². The number of nitrogens with one attached hydrogen (secondary N) is 1. The minimum absolute atomic E-state index is 0. The Labute approximate surface area is 119 Å². The van der Waals surface area contributed by atoms with Crippen molar-refractivity contribution in [2.24, 2.45) is 0 Å². The summed E-state index contributed by atoms with van der Waals surface area (Å²) in [7, 11) is 0. The van der Waals surface area contributed by atoms with E-state index in [0.717, 1.165) is 24.1 Å². The molecule has 0 saturated heterocycles. The molecule has 1 aliphatic rings. The van der Waals surface area contributed by atoms with Gasteiger partial charge < -0.3 is 17.7 Å². The van der Waals surface area contributed by atoms with Gasteiger partial charge in [0.25, 0.3) is 0 Å². The summed E-state index contributed by atoms with van der Waals surface area (Å²) >= 11 is 6.26. The minimum Gasteiger partial charge on any atom is -1.00 e. The minimum atomic E-state index is 0. The van der Waals surface area contributed by atoms with E-state index in [2.05, 4.69) is 10.3 Å². The standard InChI is InChI=1S/C13H17ClN3.ClH/c1-9-7-8-11(17-15)13(12(9)14)16-10-5-3-2-4-6-10;/h7-8,10,16H,2-6H2,1H3;1H/q+1;/p-1. The zero-order valence-electron chi connectivity index (χ0n) is 10.4. The molecule has 3 nitrogen and oxygen atoms in total. The van der Waals surface area contributed by atoms with E-state index in [9.17, 15) is 0 Å². The zero-order chi connectivity index (χ0) is 12.3. The molecular weight excluding hydrogens is 269 g/mol. The Bertz CT molecular complexity index is 448. The molecule has 0 amide bonds. The molecular formula is C13H17Cl2N3. The van der Waals surface area contributed by atoms with Crippen molar-refractivity contribution in [1.29, 1.82) is 5.39 Å². The van der Waals surface area contributed by atoms with Gasteiger partial charge in [-0.3, -0.25) is 0 Å². The molecule has 0 atom stereocenters. The highest BCUT2D eigenvalue weighted by molar-refractivity contribution is 6.34. The highest BCUT2D eigenvalue weighted by atomic mass is 35.5. The maximum atomic E-state index is 8.99. The Morgan fingerprint density at radius 2 is 1.94 bits per heavy atom. The molecule has 98 valence electrons. The fourth-order valence-electron chi connectivity index (χ4n) is 2.34. The van der Waals surface area contributed by atoms with Crippen molar-refractivity contribution in [1.82, 2.24) is 0 Å². The van der Waals surface area contributed by atoms with Gasteiger partial charge in [-0.05, 0) is 31.4 Å². The smallest absolute Gasteiger partial charge is 0.409 e. The van der Waals surface area contributed by atoms with Crippen LogP contribution in [-0.2, 0) is 0 Å². The SMILES string of the molecule is Cc1ccc([N+]#N)c(NC2CCCCC2)c1Cl.[Cl-]. The molecule has 0 heterocycles. The zero-order valence-corrected chi connectivity index (χ0v) is 11.9. The Hall–Kier alpha value is -0.980. The lowest BCUT2D eigenvalue weighted by molar-refractivity contribution is -0.00000371. The molecule has 0 spiro atoms. The largest absolute Gasteiger partial charge is 1.00 e. The second-order valence-electron chi connectivity index (χ2n) is 4.67. The summed E-state index contributed by atoms with van der Waals surface area (Å²) in [4.78, 5) is 3.29. The molecule has 0 bridgehead atoms. The van der Waals surface area contributed by atoms with Crippen LogP contribution in [0.4, 0.5) is 11.4 Å². The van der Waals surface area contributed by atoms with Gasteiger partial charge in [0.1, 0.15) is 0 Å². The van der Waals surface area contributed by atoms with Crippen LogP contribution in [0.5, 0.6) is 0 Å². The van der Waals surface area contributed by atoms with Crippen molar-refractivity contribution >= 4 is 23.0 Å². The maximum Gasteiger partial charge on any atom is 0.409 e. The molecule has 18 heavy (non-hydrogen) atoms. The molecule has 5 heteroatoms. The fraction of sp³-hybridized carbons (Fsp3) is 0.538. The Morgan fingerprint density at radius 3 is 2.56 bits per heavy atom. The van der Waals surface area contributed by atoms with Crippen LogP contribution in [0, 0.1) is 12.3 Å². The monoisotopic (exact) mass is 285 g/mol. The number of nitrogens with zero attached hydrogens (tertiary/aromatic N) is 2. The van der Waals surface area contributed by atoms with Crippen molar-refractivity contribution in [3.63, 3.8) is 0 Å². The first-order valence-corrected chi connectivity index (χ1v) is 6.51. The van der Waals surface area contributed by atoms with Crippen molar-refractivity contribution in [2.45, 2.75) is 45.1 Å². The highest BCUT2D eigenvalue weighted by Gasteiger charge is 2.22. The summed E-state index contributed by atoms with van der Waals surface area (Å²) in [6, 6.07) is 4.10. The van der Waals surface area contributed by atoms with Crippen LogP contribution in [0.25, 0.3) is 4.98 Å². The second kappa shape index (κ2) is 6.82. The van der Waals surface area contributed by atoms with E-state index in [-0.39, 0.29) is 12.4 Å². The van der Waals surface area contributed by atoms with Crippen LogP contribution in [-0.4, -0.2) is 6.04 Å². The summed E-state index contributed by atoms with van der Waals surface area (Å²) in [5.41, 5.74) is 2.28. The van der Waals surface area contributed by atoms with Gasteiger partial charge in [0.15, 0.2) is 10.7 Å². The van der Waals surface area contributed by atoms with Gasteiger partial charge in [-0.15, -0.1) is 0 Å². The van der Waals surface area contributed by atoms with E-state index in [0.29, 0.717) is 16.8 Å². The fourth-order valence-corrected chi connectivity index (χ4v) is 2.56. The second-order valence-corrected chi connectivity index (χ2v) is 5.05. The summed E-state index contributed by atoms with van der Waals surface area (Å²) in [5.74, 6) is 0. The number of hydrogen-bond donors (Lipinski definition) is 1. The van der Waals surface area contributed by atoms with E-state index in [4.69, 9.17) is 17.0 Å². The summed E-state index contributed by atoms with van der Waals surface area (Å²) in [5, 5.41) is 13.1. The third-order valence-corrected chi connectivity index (χ3v) is 3.86. The van der Waals surface area contributed by atoms with Gasteiger partial charge in [-0.1, -0.05) is 30.9 Å². The average Bonchev–Trinajstić information content (AvgIpc) is 2.37. The first-order valence-electron chi connectivity index (χ1n) is 6.13. The summed E-state index contributed by atoms with van der Waals surface area (Å²) in [6.07, 6.45) is 6.15. The Balaban J connectivity index is 0.00000162. The van der Waals surface area contributed by atoms with Crippen molar-refractivity contribution < 1.29 is 12.4 Å². The van der Waals surface area contributed by atoms with Crippen LogP contribution >= 0.6 is 11.6 Å². The number of diazo groups is 1. The lowest BCUT2D eigenvalue weighted by Crippen LogP contribution is -3.00. The predicted octanol–water partition coefficient (Wildman–Crippen LogP) is 1.88. The molecule has 0 unspecified atom stereocenters. The third kappa shape index (κ3) is 3.28. The van der Waals surface area contributed by atoms with Crippen molar-refractivity contribution in [3.05, 3.63) is 27.7 Å². The molecule has 1 N–H and O–H groups in total. The van der Waals surface area contributed by atoms with Crippen molar-refractivity contribution in [2.75, 3.05) is 5.32 Å². The number of aryl methyl sites for hydroxylation is 1. The molecule has 0 radical (unpaired) electrons. The topological polar surface area (TPSA) is 40.2 Å². The summed E-state index contributed by atoms with van der Waals surface area (Å²) < 4.78 is 0. The van der Waals surface area contributed by atoms with Gasteiger partial charge in [0.05, 0.1) is 5.02 Å². The molecule has 1 saturated carbocycles. The third-order valence-electron chi connectivity index (χ3n) is 3.37. The van der Waals surface area contributed by atoms with Crippen LogP contribution in [0.15, 0.2) is 12.1 Å². The first kappa shape index (κ1) is 15.1. The molecule has 1 fully saturated rings. The van der Waals surface area contributed by atoms with E-state index in [1.807, 2.05) is 13.0 Å². The van der Waals surface area contributed by atoms with Crippen LogP contribution in [0.3, 0.4) is 0 Å². The van der Waals surface area contributed by atoms with Crippen molar-refractivity contribution in [3.8, 4) is 0 Å². The first-order chi connectivity index (χ1) is 8.22. The van der Waals surface area contributed by atoms with E-state index < -0.39 is 0 Å². The van der Waals surface area contributed by atoms with Gasteiger partial charge in [-0.25, -0.2) is 0 Å². The molecule has 0 aliphatic heterocycles. The molecule has 1 aromatic carbocycles. The lowest BCUT2D eigenvalue weighted by atomic mass is 9.95. The maximum absolute atomic E-state index is 8.99. The molecule has 2 rings (SSSR count). The van der Waals surface area contributed by atoms with Crippen LogP contribution in [0.1, 0.15) is 37.7 Å². The lowest BCUT2D eigenvalue weighted by Gasteiger charge is -2.23. The average molecular weight is 286 g/mol. The molecule has 1 aromatic rings. The number of halogens is 2. The van der Waals surface area contributed by atoms with E-state index >= 15 is 0 Å². The number of rotatable bonds is 2. The van der Waals surface area contributed by atoms with Gasteiger partial charge in [-0.2, -0.15) is 0 Å². The Morgan fingerprint density at radius 1 is 1.28 bits per heavy atom. The van der Waals surface area contributed by atoms with Gasteiger partial charge in [0, 0.05) is 12.1 Å². The quantitative estimate of drug-likeness (QED) is 0.843. The summed E-state index contributed by atoms with van der Waals surface area (Å²) in [6.45, 7) is 1.95. The molecule has 1 aliphatic carbocycles.